The lowest BCUT2D eigenvalue weighted by molar-refractivity contribution is 0.270. The van der Waals surface area contributed by atoms with Crippen LogP contribution in [0, 0.1) is 0 Å². The molecule has 0 radical (unpaired) electrons. The smallest absolute Gasteiger partial charge is 0.159 e. The van der Waals surface area contributed by atoms with Crippen molar-refractivity contribution in [1.29, 1.82) is 0 Å². The Bertz CT molecular complexity index is 1330. The monoisotopic (exact) mass is 680 g/mol. The number of aliphatic imine (C=N–C) groups is 2. The average Bonchev–Trinajstić information content (AvgIpc) is 2.99. The topological polar surface area (TPSA) is 55.3 Å². The summed E-state index contributed by atoms with van der Waals surface area (Å²) in [4.78, 5) is 14.1. The first-order valence-electron chi connectivity index (χ1n) is 13.6. The van der Waals surface area contributed by atoms with Gasteiger partial charge in [-0.15, -0.1) is 0 Å². The van der Waals surface area contributed by atoms with E-state index in [1.165, 1.54) is 11.1 Å². The SMILES string of the molecule is Clc1ccc(CCN2CN=C(SCc3ccccc3CSC3=NCN(CCc4ccc(Cl)cc4Cl)CN3)NC2)c(Cl)c1. The first kappa shape index (κ1) is 31.8. The summed E-state index contributed by atoms with van der Waals surface area (Å²) in [6, 6.07) is 20.0. The van der Waals surface area contributed by atoms with E-state index in [9.17, 15) is 0 Å². The number of benzene rings is 3. The molecule has 6 nitrogen and oxygen atoms in total. The molecular formula is C30H32Cl4N6S2. The van der Waals surface area contributed by atoms with E-state index in [4.69, 9.17) is 56.4 Å². The number of nitrogens with one attached hydrogen (secondary N) is 2. The lowest BCUT2D eigenvalue weighted by atomic mass is 10.1. The second-order valence-electron chi connectivity index (χ2n) is 9.99. The molecule has 5 rings (SSSR count). The van der Waals surface area contributed by atoms with Gasteiger partial charge in [-0.2, -0.15) is 0 Å². The zero-order chi connectivity index (χ0) is 29.3. The summed E-state index contributed by atoms with van der Waals surface area (Å²) in [5, 5.41) is 11.7. The molecule has 0 saturated carbocycles. The fraction of sp³-hybridized carbons (Fsp3) is 0.333. The zero-order valence-electron chi connectivity index (χ0n) is 23.0. The minimum absolute atomic E-state index is 0.661. The van der Waals surface area contributed by atoms with Crippen molar-refractivity contribution >= 4 is 80.3 Å². The predicted octanol–water partition coefficient (Wildman–Crippen LogP) is 7.60. The van der Waals surface area contributed by atoms with E-state index in [2.05, 4.69) is 44.7 Å². The van der Waals surface area contributed by atoms with Gasteiger partial charge >= 0.3 is 0 Å². The molecule has 0 amide bonds. The van der Waals surface area contributed by atoms with E-state index in [1.807, 2.05) is 24.3 Å². The van der Waals surface area contributed by atoms with Crippen molar-refractivity contribution in [3.63, 3.8) is 0 Å². The van der Waals surface area contributed by atoms with E-state index in [1.54, 1.807) is 35.7 Å². The normalized spacial score (nSPS) is 16.0. The van der Waals surface area contributed by atoms with Crippen molar-refractivity contribution in [3.05, 3.63) is 103 Å². The zero-order valence-corrected chi connectivity index (χ0v) is 27.6. The van der Waals surface area contributed by atoms with Crippen LogP contribution in [0.5, 0.6) is 0 Å². The molecule has 0 fully saturated rings. The van der Waals surface area contributed by atoms with Crippen LogP contribution in [-0.4, -0.2) is 59.9 Å². The average molecular weight is 683 g/mol. The molecule has 2 heterocycles. The molecule has 0 aliphatic carbocycles. The van der Waals surface area contributed by atoms with E-state index >= 15 is 0 Å². The van der Waals surface area contributed by atoms with Crippen molar-refractivity contribution in [2.45, 2.75) is 24.3 Å². The van der Waals surface area contributed by atoms with E-state index in [0.717, 1.165) is 72.2 Å². The Morgan fingerprint density at radius 1 is 0.619 bits per heavy atom. The van der Waals surface area contributed by atoms with Gasteiger partial charge in [0.1, 0.15) is 0 Å². The van der Waals surface area contributed by atoms with Crippen molar-refractivity contribution < 1.29 is 0 Å². The number of nitrogens with zero attached hydrogens (tertiary/aromatic N) is 4. The predicted molar refractivity (Wildman–Crippen MR) is 183 cm³/mol. The summed E-state index contributed by atoms with van der Waals surface area (Å²) < 4.78 is 0. The molecule has 2 aliphatic rings. The largest absolute Gasteiger partial charge is 0.352 e. The van der Waals surface area contributed by atoms with Gasteiger partial charge in [0.25, 0.3) is 0 Å². The molecule has 2 N–H and O–H groups in total. The maximum Gasteiger partial charge on any atom is 0.159 e. The van der Waals surface area contributed by atoms with Gasteiger partial charge in [-0.25, -0.2) is 9.98 Å². The molecule has 222 valence electrons. The number of hydrogen-bond acceptors (Lipinski definition) is 8. The first-order valence-corrected chi connectivity index (χ1v) is 17.1. The third-order valence-corrected chi connectivity index (χ3v) is 10.2. The third kappa shape index (κ3) is 9.44. The molecule has 42 heavy (non-hydrogen) atoms. The second-order valence-corrected chi connectivity index (χ2v) is 13.6. The Balaban J connectivity index is 1.04. The van der Waals surface area contributed by atoms with Crippen LogP contribution < -0.4 is 10.6 Å². The van der Waals surface area contributed by atoms with Crippen LogP contribution in [0.3, 0.4) is 0 Å². The molecule has 2 aliphatic heterocycles. The van der Waals surface area contributed by atoms with Gasteiger partial charge in [-0.3, -0.25) is 9.80 Å². The third-order valence-electron chi connectivity index (χ3n) is 7.01. The van der Waals surface area contributed by atoms with Gasteiger partial charge in [0.2, 0.25) is 0 Å². The Morgan fingerprint density at radius 3 is 1.45 bits per heavy atom. The van der Waals surface area contributed by atoms with Crippen LogP contribution in [0.15, 0.2) is 70.6 Å². The molecule has 0 spiro atoms. The van der Waals surface area contributed by atoms with Crippen molar-refractivity contribution in [3.8, 4) is 0 Å². The Morgan fingerprint density at radius 2 is 1.07 bits per heavy atom. The Labute approximate surface area is 276 Å². The van der Waals surface area contributed by atoms with E-state index in [0.29, 0.717) is 33.4 Å². The highest BCUT2D eigenvalue weighted by molar-refractivity contribution is 8.13. The lowest BCUT2D eigenvalue weighted by Crippen LogP contribution is -2.42. The van der Waals surface area contributed by atoms with Crippen LogP contribution in [0.4, 0.5) is 0 Å². The fourth-order valence-corrected chi connectivity index (χ4v) is 7.31. The highest BCUT2D eigenvalue weighted by atomic mass is 35.5. The van der Waals surface area contributed by atoms with Crippen molar-refractivity contribution in [1.82, 2.24) is 20.4 Å². The molecular weight excluding hydrogens is 650 g/mol. The molecule has 3 aromatic rings. The van der Waals surface area contributed by atoms with Gasteiger partial charge in [0, 0.05) is 44.7 Å². The van der Waals surface area contributed by atoms with Gasteiger partial charge < -0.3 is 10.6 Å². The maximum atomic E-state index is 6.32. The van der Waals surface area contributed by atoms with E-state index < -0.39 is 0 Å². The van der Waals surface area contributed by atoms with Crippen LogP contribution >= 0.6 is 69.9 Å². The van der Waals surface area contributed by atoms with Gasteiger partial charge in [-0.1, -0.05) is 106 Å². The molecule has 0 aromatic heterocycles. The van der Waals surface area contributed by atoms with E-state index in [-0.39, 0.29) is 0 Å². The summed E-state index contributed by atoms with van der Waals surface area (Å²) in [6.45, 7) is 4.64. The highest BCUT2D eigenvalue weighted by Crippen LogP contribution is 2.25. The van der Waals surface area contributed by atoms with Crippen LogP contribution in [0.1, 0.15) is 22.3 Å². The van der Waals surface area contributed by atoms with Crippen LogP contribution in [0.25, 0.3) is 0 Å². The number of halogens is 4. The highest BCUT2D eigenvalue weighted by Gasteiger charge is 2.16. The standard InChI is InChI=1S/C30H32Cl4N6S2/c31-25-7-5-21(27(33)13-25)9-11-39-17-35-29(36-18-39)41-15-23-3-1-2-4-24(23)16-42-30-37-19-40(20-38-30)12-10-22-6-8-26(32)14-28(22)34/h1-8,13-14H,9-12,15-20H2,(H,35,36)(H,37,38). The maximum absolute atomic E-state index is 6.32. The Kier molecular flexibility index (Phi) is 12.0. The summed E-state index contributed by atoms with van der Waals surface area (Å²) in [6.07, 6.45) is 1.72. The minimum Gasteiger partial charge on any atom is -0.352 e. The molecule has 0 atom stereocenters. The second kappa shape index (κ2) is 15.9. The quantitative estimate of drug-likeness (QED) is 0.230. The number of thioether (sulfide) groups is 2. The van der Waals surface area contributed by atoms with Crippen molar-refractivity contribution in [2.75, 3.05) is 39.8 Å². The summed E-state index contributed by atoms with van der Waals surface area (Å²) in [7, 11) is 0. The molecule has 12 heteroatoms. The van der Waals surface area contributed by atoms with Gasteiger partial charge in [-0.05, 0) is 59.4 Å². The number of amidine groups is 2. The molecule has 0 saturated heterocycles. The fourth-order valence-electron chi connectivity index (χ4n) is 4.53. The molecule has 0 unspecified atom stereocenters. The summed E-state index contributed by atoms with van der Waals surface area (Å²) in [5.74, 6) is 1.73. The molecule has 0 bridgehead atoms. The summed E-state index contributed by atoms with van der Waals surface area (Å²) >= 11 is 28.2. The van der Waals surface area contributed by atoms with Crippen LogP contribution in [0.2, 0.25) is 20.1 Å². The number of rotatable bonds is 10. The van der Waals surface area contributed by atoms with Gasteiger partial charge in [0.15, 0.2) is 10.3 Å². The van der Waals surface area contributed by atoms with Crippen LogP contribution in [-0.2, 0) is 24.3 Å². The summed E-state index contributed by atoms with van der Waals surface area (Å²) in [5.41, 5.74) is 4.84. The first-order chi connectivity index (χ1) is 20.4. The van der Waals surface area contributed by atoms with Crippen molar-refractivity contribution in [2.24, 2.45) is 9.98 Å². The lowest BCUT2D eigenvalue weighted by Gasteiger charge is -2.27. The Hall–Kier alpha value is -1.62. The van der Waals surface area contributed by atoms with Gasteiger partial charge in [0.05, 0.1) is 26.7 Å². The minimum atomic E-state index is 0.661. The molecule has 3 aromatic carbocycles. The number of hydrogen-bond donors (Lipinski definition) is 2.